The topological polar surface area (TPSA) is 87.5 Å². The second-order valence-corrected chi connectivity index (χ2v) is 6.66. The molecule has 3 rings (SSSR count). The molecule has 2 N–H and O–H groups in total. The van der Waals surface area contributed by atoms with Crippen LogP contribution in [-0.2, 0) is 11.0 Å². The Bertz CT molecular complexity index is 880. The Morgan fingerprint density at radius 3 is 2.67 bits per heavy atom. The summed E-state index contributed by atoms with van der Waals surface area (Å²) in [5.74, 6) is -0.812. The Hall–Kier alpha value is -3.04. The third-order valence-electron chi connectivity index (χ3n) is 4.54. The number of amides is 2. The molecule has 10 heteroatoms. The highest BCUT2D eigenvalue weighted by Crippen LogP contribution is 2.31. The molecule has 144 valence electrons. The predicted octanol–water partition coefficient (Wildman–Crippen LogP) is 3.22. The van der Waals surface area contributed by atoms with Gasteiger partial charge in [0.2, 0.25) is 0 Å². The number of nitrogens with one attached hydrogen (secondary N) is 1. The van der Waals surface area contributed by atoms with Crippen LogP contribution < -0.4 is 5.32 Å². The first-order chi connectivity index (χ1) is 12.6. The standard InChI is InChI=1S/C17H17F3N4O3/c1-16(14(25)26)6-8-23(10-16)15(27)21-13-5-7-24(22-13)12-4-2-3-11(9-12)17(18,19)20/h2-5,7,9H,6,8,10H2,1H3,(H,25,26)(H,21,22,27). The Balaban J connectivity index is 1.70. The number of urea groups is 1. The molecule has 1 fully saturated rings. The smallest absolute Gasteiger partial charge is 0.416 e. The fourth-order valence-electron chi connectivity index (χ4n) is 2.86. The number of rotatable bonds is 3. The lowest BCUT2D eigenvalue weighted by molar-refractivity contribution is -0.147. The number of carbonyl (C=O) groups excluding carboxylic acids is 1. The fourth-order valence-corrected chi connectivity index (χ4v) is 2.86. The molecule has 2 heterocycles. The van der Waals surface area contributed by atoms with Gasteiger partial charge in [-0.3, -0.25) is 10.1 Å². The van der Waals surface area contributed by atoms with E-state index in [9.17, 15) is 27.9 Å². The molecule has 7 nitrogen and oxygen atoms in total. The van der Waals surface area contributed by atoms with E-state index < -0.39 is 29.2 Å². The summed E-state index contributed by atoms with van der Waals surface area (Å²) in [5, 5.41) is 15.8. The van der Waals surface area contributed by atoms with E-state index in [-0.39, 0.29) is 18.1 Å². The second kappa shape index (κ2) is 6.60. The van der Waals surface area contributed by atoms with Gasteiger partial charge in [0, 0.05) is 25.4 Å². The molecule has 1 aromatic heterocycles. The number of aliphatic carboxylic acids is 1. The van der Waals surface area contributed by atoms with Crippen molar-refractivity contribution >= 4 is 17.8 Å². The highest BCUT2D eigenvalue weighted by molar-refractivity contribution is 5.89. The van der Waals surface area contributed by atoms with Crippen LogP contribution in [0.3, 0.4) is 0 Å². The minimum atomic E-state index is -4.47. The number of likely N-dealkylation sites (tertiary alicyclic amines) is 1. The lowest BCUT2D eigenvalue weighted by atomic mass is 9.90. The predicted molar refractivity (Wildman–Crippen MR) is 89.5 cm³/mol. The monoisotopic (exact) mass is 382 g/mol. The number of carboxylic acid groups (broad SMARTS) is 1. The van der Waals surface area contributed by atoms with E-state index in [1.54, 1.807) is 6.92 Å². The van der Waals surface area contributed by atoms with E-state index in [1.807, 2.05) is 0 Å². The van der Waals surface area contributed by atoms with Crippen LogP contribution in [-0.4, -0.2) is 44.9 Å². The molecule has 1 aromatic carbocycles. The number of alkyl halides is 3. The van der Waals surface area contributed by atoms with Gasteiger partial charge in [-0.2, -0.15) is 13.2 Å². The highest BCUT2D eigenvalue weighted by atomic mass is 19.4. The Labute approximate surface area is 152 Å². The summed E-state index contributed by atoms with van der Waals surface area (Å²) < 4.78 is 39.7. The number of nitrogens with zero attached hydrogens (tertiary/aromatic N) is 3. The van der Waals surface area contributed by atoms with Crippen molar-refractivity contribution in [2.45, 2.75) is 19.5 Å². The van der Waals surface area contributed by atoms with Crippen LogP contribution in [0.5, 0.6) is 0 Å². The molecular formula is C17H17F3N4O3. The Morgan fingerprint density at radius 1 is 1.30 bits per heavy atom. The number of carboxylic acids is 1. The molecule has 27 heavy (non-hydrogen) atoms. The number of aromatic nitrogens is 2. The molecule has 2 amide bonds. The molecule has 2 aromatic rings. The van der Waals surface area contributed by atoms with Crippen LogP contribution in [0.4, 0.5) is 23.8 Å². The number of hydrogen-bond acceptors (Lipinski definition) is 3. The summed E-state index contributed by atoms with van der Waals surface area (Å²) in [6.07, 6.45) is -2.70. The molecule has 1 unspecified atom stereocenters. The summed E-state index contributed by atoms with van der Waals surface area (Å²) in [6, 6.07) is 5.60. The highest BCUT2D eigenvalue weighted by Gasteiger charge is 2.42. The third kappa shape index (κ3) is 3.88. The maximum Gasteiger partial charge on any atom is 0.416 e. The van der Waals surface area contributed by atoms with Crippen LogP contribution in [0, 0.1) is 5.41 Å². The molecule has 0 spiro atoms. The van der Waals surface area contributed by atoms with Gasteiger partial charge in [-0.05, 0) is 31.5 Å². The largest absolute Gasteiger partial charge is 0.481 e. The molecule has 1 atom stereocenters. The van der Waals surface area contributed by atoms with E-state index in [0.717, 1.165) is 12.1 Å². The first kappa shape index (κ1) is 18.7. The van der Waals surface area contributed by atoms with Crippen molar-refractivity contribution in [3.05, 3.63) is 42.1 Å². The number of benzene rings is 1. The molecular weight excluding hydrogens is 365 g/mol. The van der Waals surface area contributed by atoms with E-state index in [2.05, 4.69) is 10.4 Å². The van der Waals surface area contributed by atoms with Crippen LogP contribution >= 0.6 is 0 Å². The van der Waals surface area contributed by atoms with E-state index in [4.69, 9.17) is 0 Å². The SMILES string of the molecule is CC1(C(=O)O)CCN(C(=O)Nc2ccn(-c3cccc(C(F)(F)F)c3)n2)C1. The molecule has 1 aliphatic heterocycles. The van der Waals surface area contributed by atoms with Crippen molar-refractivity contribution in [1.82, 2.24) is 14.7 Å². The van der Waals surface area contributed by atoms with Gasteiger partial charge in [0.15, 0.2) is 5.82 Å². The average Bonchev–Trinajstić information content (AvgIpc) is 3.22. The molecule has 0 bridgehead atoms. The first-order valence-electron chi connectivity index (χ1n) is 8.11. The molecule has 0 saturated carbocycles. The van der Waals surface area contributed by atoms with Gasteiger partial charge >= 0.3 is 18.2 Å². The maximum absolute atomic E-state index is 12.8. The average molecular weight is 382 g/mol. The Kier molecular flexibility index (Phi) is 4.58. The summed E-state index contributed by atoms with van der Waals surface area (Å²) in [6.45, 7) is 1.94. The van der Waals surface area contributed by atoms with Gasteiger partial charge in [-0.1, -0.05) is 6.07 Å². The van der Waals surface area contributed by atoms with Crippen molar-refractivity contribution in [3.8, 4) is 5.69 Å². The van der Waals surface area contributed by atoms with Crippen LogP contribution in [0.2, 0.25) is 0 Å². The third-order valence-corrected chi connectivity index (χ3v) is 4.54. The fraction of sp³-hybridized carbons (Fsp3) is 0.353. The zero-order valence-electron chi connectivity index (χ0n) is 14.3. The lowest BCUT2D eigenvalue weighted by Gasteiger charge is -2.20. The number of carbonyl (C=O) groups is 2. The zero-order valence-corrected chi connectivity index (χ0v) is 14.3. The summed E-state index contributed by atoms with van der Waals surface area (Å²) in [7, 11) is 0. The quantitative estimate of drug-likeness (QED) is 0.853. The van der Waals surface area contributed by atoms with E-state index in [0.29, 0.717) is 13.0 Å². The van der Waals surface area contributed by atoms with Crippen LogP contribution in [0.25, 0.3) is 5.69 Å². The number of halogens is 3. The maximum atomic E-state index is 12.8. The number of hydrogen-bond donors (Lipinski definition) is 2. The summed E-state index contributed by atoms with van der Waals surface area (Å²) in [5.41, 5.74) is -1.59. The number of anilines is 1. The van der Waals surface area contributed by atoms with Crippen molar-refractivity contribution in [2.24, 2.45) is 5.41 Å². The lowest BCUT2D eigenvalue weighted by Crippen LogP contribution is -2.37. The first-order valence-corrected chi connectivity index (χ1v) is 8.11. The summed E-state index contributed by atoms with van der Waals surface area (Å²) >= 11 is 0. The van der Waals surface area contributed by atoms with Crippen molar-refractivity contribution in [2.75, 3.05) is 18.4 Å². The van der Waals surface area contributed by atoms with Crippen molar-refractivity contribution in [3.63, 3.8) is 0 Å². The molecule has 0 radical (unpaired) electrons. The Morgan fingerprint density at radius 2 is 2.04 bits per heavy atom. The second-order valence-electron chi connectivity index (χ2n) is 6.66. The van der Waals surface area contributed by atoms with Gasteiger partial charge in [0.05, 0.1) is 16.7 Å². The molecule has 1 saturated heterocycles. The normalized spacial score (nSPS) is 19.9. The molecule has 0 aliphatic carbocycles. The van der Waals surface area contributed by atoms with Gasteiger partial charge in [-0.15, -0.1) is 5.10 Å². The van der Waals surface area contributed by atoms with E-state index in [1.165, 1.54) is 34.0 Å². The van der Waals surface area contributed by atoms with E-state index >= 15 is 0 Å². The minimum absolute atomic E-state index is 0.0719. The van der Waals surface area contributed by atoms with Crippen LogP contribution in [0.15, 0.2) is 36.5 Å². The summed E-state index contributed by atoms with van der Waals surface area (Å²) in [4.78, 5) is 24.9. The zero-order chi connectivity index (χ0) is 19.8. The van der Waals surface area contributed by atoms with Gasteiger partial charge in [0.1, 0.15) is 0 Å². The van der Waals surface area contributed by atoms with Gasteiger partial charge in [-0.25, -0.2) is 9.48 Å². The van der Waals surface area contributed by atoms with Crippen molar-refractivity contribution in [1.29, 1.82) is 0 Å². The van der Waals surface area contributed by atoms with Crippen LogP contribution in [0.1, 0.15) is 18.9 Å². The minimum Gasteiger partial charge on any atom is -0.481 e. The van der Waals surface area contributed by atoms with Gasteiger partial charge in [0.25, 0.3) is 0 Å². The molecule has 1 aliphatic rings. The van der Waals surface area contributed by atoms with Gasteiger partial charge < -0.3 is 10.0 Å². The van der Waals surface area contributed by atoms with Crippen molar-refractivity contribution < 1.29 is 27.9 Å².